The van der Waals surface area contributed by atoms with Crippen molar-refractivity contribution in [2.24, 2.45) is 0 Å². The van der Waals surface area contributed by atoms with Gasteiger partial charge in [-0.3, -0.25) is 0 Å². The maximum absolute atomic E-state index is 11.5. The van der Waals surface area contributed by atoms with E-state index in [0.717, 1.165) is 11.1 Å². The second-order valence-corrected chi connectivity index (χ2v) is 5.97. The molecule has 3 nitrogen and oxygen atoms in total. The number of hydrogen-bond acceptors (Lipinski definition) is 2. The lowest BCUT2D eigenvalue weighted by atomic mass is 10.2. The zero-order chi connectivity index (χ0) is 12.0. The second kappa shape index (κ2) is 6.23. The first-order chi connectivity index (χ1) is 7.53. The van der Waals surface area contributed by atoms with E-state index < -0.39 is 10.0 Å². The van der Waals surface area contributed by atoms with Gasteiger partial charge in [-0.1, -0.05) is 29.8 Å². The van der Waals surface area contributed by atoms with Gasteiger partial charge in [0, 0.05) is 12.4 Å². The number of aryl methyl sites for hydroxylation is 1. The molecule has 90 valence electrons. The molecule has 0 aliphatic heterocycles. The van der Waals surface area contributed by atoms with Crippen molar-refractivity contribution in [2.75, 3.05) is 11.6 Å². The van der Waals surface area contributed by atoms with Crippen molar-refractivity contribution in [1.29, 1.82) is 0 Å². The highest BCUT2D eigenvalue weighted by molar-refractivity contribution is 7.89. The summed E-state index contributed by atoms with van der Waals surface area (Å²) in [6, 6.07) is 7.75. The first kappa shape index (κ1) is 13.5. The highest BCUT2D eigenvalue weighted by atomic mass is 35.5. The van der Waals surface area contributed by atoms with Gasteiger partial charge in [-0.05, 0) is 18.9 Å². The van der Waals surface area contributed by atoms with Crippen molar-refractivity contribution in [3.63, 3.8) is 0 Å². The van der Waals surface area contributed by atoms with Gasteiger partial charge in [0.25, 0.3) is 0 Å². The van der Waals surface area contributed by atoms with E-state index in [2.05, 4.69) is 4.72 Å². The molecule has 0 bridgehead atoms. The molecule has 0 radical (unpaired) electrons. The van der Waals surface area contributed by atoms with Crippen LogP contribution in [-0.4, -0.2) is 20.1 Å². The van der Waals surface area contributed by atoms with Gasteiger partial charge in [-0.2, -0.15) is 0 Å². The SMILES string of the molecule is Cc1ccc(CNS(=O)(=O)CCCCl)cc1. The first-order valence-corrected chi connectivity index (χ1v) is 7.31. The Morgan fingerprint density at radius 2 is 1.88 bits per heavy atom. The molecule has 0 aliphatic carbocycles. The molecule has 1 N–H and O–H groups in total. The third kappa shape index (κ3) is 4.96. The average Bonchev–Trinajstić information content (AvgIpc) is 2.26. The van der Waals surface area contributed by atoms with Crippen LogP contribution in [0.5, 0.6) is 0 Å². The standard InChI is InChI=1S/C11H16ClNO2S/c1-10-3-5-11(6-4-10)9-13-16(14,15)8-2-7-12/h3-6,13H,2,7-9H2,1H3. The lowest BCUT2D eigenvalue weighted by Gasteiger charge is -2.06. The van der Waals surface area contributed by atoms with Crippen molar-refractivity contribution in [2.45, 2.75) is 19.9 Å². The Hall–Kier alpha value is -0.580. The van der Waals surface area contributed by atoms with Gasteiger partial charge in [0.2, 0.25) is 10.0 Å². The molecule has 1 aromatic rings. The molecule has 0 saturated carbocycles. The van der Waals surface area contributed by atoms with E-state index in [1.165, 1.54) is 0 Å². The van der Waals surface area contributed by atoms with Crippen molar-refractivity contribution < 1.29 is 8.42 Å². The fourth-order valence-corrected chi connectivity index (χ4v) is 2.56. The van der Waals surface area contributed by atoms with E-state index in [9.17, 15) is 8.42 Å². The van der Waals surface area contributed by atoms with Gasteiger partial charge in [0.05, 0.1) is 5.75 Å². The summed E-state index contributed by atoms with van der Waals surface area (Å²) >= 11 is 5.45. The Balaban J connectivity index is 2.48. The van der Waals surface area contributed by atoms with E-state index in [4.69, 9.17) is 11.6 Å². The van der Waals surface area contributed by atoms with Crippen molar-refractivity contribution in [3.8, 4) is 0 Å². The third-order valence-electron chi connectivity index (χ3n) is 2.16. The minimum absolute atomic E-state index is 0.0857. The quantitative estimate of drug-likeness (QED) is 0.797. The van der Waals surface area contributed by atoms with E-state index in [-0.39, 0.29) is 5.75 Å². The van der Waals surface area contributed by atoms with Crippen LogP contribution in [-0.2, 0) is 16.6 Å². The number of benzene rings is 1. The van der Waals surface area contributed by atoms with Gasteiger partial charge in [0.1, 0.15) is 0 Å². The third-order valence-corrected chi connectivity index (χ3v) is 3.84. The Kier molecular flexibility index (Phi) is 5.25. The molecule has 0 aromatic heterocycles. The fraction of sp³-hybridized carbons (Fsp3) is 0.455. The van der Waals surface area contributed by atoms with Gasteiger partial charge >= 0.3 is 0 Å². The maximum Gasteiger partial charge on any atom is 0.211 e. The lowest BCUT2D eigenvalue weighted by molar-refractivity contribution is 0.580. The molecule has 0 unspecified atom stereocenters. The lowest BCUT2D eigenvalue weighted by Crippen LogP contribution is -2.26. The van der Waals surface area contributed by atoms with Crippen molar-refractivity contribution >= 4 is 21.6 Å². The topological polar surface area (TPSA) is 46.2 Å². The van der Waals surface area contributed by atoms with Crippen LogP contribution >= 0.6 is 11.6 Å². The van der Waals surface area contributed by atoms with Crippen LogP contribution in [0.4, 0.5) is 0 Å². The zero-order valence-corrected chi connectivity index (χ0v) is 10.8. The van der Waals surface area contributed by atoms with E-state index in [1.807, 2.05) is 31.2 Å². The summed E-state index contributed by atoms with van der Waals surface area (Å²) in [5.41, 5.74) is 2.12. The molecule has 0 aliphatic rings. The Morgan fingerprint density at radius 1 is 1.25 bits per heavy atom. The van der Waals surface area contributed by atoms with Gasteiger partial charge in [-0.25, -0.2) is 13.1 Å². The Bertz CT molecular complexity index is 414. The summed E-state index contributed by atoms with van der Waals surface area (Å²) < 4.78 is 25.5. The predicted octanol–water partition coefficient (Wildman–Crippen LogP) is 2.04. The number of rotatable bonds is 6. The highest BCUT2D eigenvalue weighted by Crippen LogP contribution is 2.03. The van der Waals surface area contributed by atoms with Crippen LogP contribution in [0, 0.1) is 6.92 Å². The molecule has 1 rings (SSSR count). The second-order valence-electron chi connectivity index (χ2n) is 3.67. The molecular weight excluding hydrogens is 246 g/mol. The monoisotopic (exact) mass is 261 g/mol. The number of nitrogens with one attached hydrogen (secondary N) is 1. The van der Waals surface area contributed by atoms with Crippen LogP contribution in [0.1, 0.15) is 17.5 Å². The molecule has 1 aromatic carbocycles. The predicted molar refractivity (Wildman–Crippen MR) is 67.1 cm³/mol. The van der Waals surface area contributed by atoms with Crippen molar-refractivity contribution in [3.05, 3.63) is 35.4 Å². The van der Waals surface area contributed by atoms with Crippen LogP contribution in [0.25, 0.3) is 0 Å². The number of halogens is 1. The smallest absolute Gasteiger partial charge is 0.211 e. The van der Waals surface area contributed by atoms with Crippen LogP contribution in [0.2, 0.25) is 0 Å². The summed E-state index contributed by atoms with van der Waals surface area (Å²) in [6.07, 6.45) is 0.477. The van der Waals surface area contributed by atoms with Gasteiger partial charge < -0.3 is 0 Å². The number of sulfonamides is 1. The highest BCUT2D eigenvalue weighted by Gasteiger charge is 2.08. The van der Waals surface area contributed by atoms with Gasteiger partial charge in [-0.15, -0.1) is 11.6 Å². The van der Waals surface area contributed by atoms with Crippen LogP contribution in [0.3, 0.4) is 0 Å². The Labute approximate surface area is 102 Å². The summed E-state index contributed by atoms with van der Waals surface area (Å²) in [7, 11) is -3.19. The molecule has 0 fully saturated rings. The summed E-state index contributed by atoms with van der Waals surface area (Å²) in [5.74, 6) is 0.452. The van der Waals surface area contributed by atoms with Crippen molar-refractivity contribution in [1.82, 2.24) is 4.72 Å². The first-order valence-electron chi connectivity index (χ1n) is 5.12. The average molecular weight is 262 g/mol. The molecule has 0 amide bonds. The fourth-order valence-electron chi connectivity index (χ4n) is 1.22. The van der Waals surface area contributed by atoms with E-state index in [1.54, 1.807) is 0 Å². The van der Waals surface area contributed by atoms with E-state index in [0.29, 0.717) is 18.8 Å². The Morgan fingerprint density at radius 3 is 2.44 bits per heavy atom. The molecule has 0 heterocycles. The molecule has 0 spiro atoms. The molecule has 5 heteroatoms. The van der Waals surface area contributed by atoms with Crippen LogP contribution < -0.4 is 4.72 Å². The normalized spacial score (nSPS) is 11.6. The molecule has 0 saturated heterocycles. The molecule has 0 atom stereocenters. The summed E-state index contributed by atoms with van der Waals surface area (Å²) in [6.45, 7) is 2.33. The summed E-state index contributed by atoms with van der Waals surface area (Å²) in [5, 5.41) is 0. The van der Waals surface area contributed by atoms with Gasteiger partial charge in [0.15, 0.2) is 0 Å². The minimum Gasteiger partial charge on any atom is -0.212 e. The summed E-state index contributed by atoms with van der Waals surface area (Å²) in [4.78, 5) is 0. The van der Waals surface area contributed by atoms with Crippen LogP contribution in [0.15, 0.2) is 24.3 Å². The van der Waals surface area contributed by atoms with E-state index >= 15 is 0 Å². The largest absolute Gasteiger partial charge is 0.212 e. The molecule has 16 heavy (non-hydrogen) atoms. The zero-order valence-electron chi connectivity index (χ0n) is 9.24. The maximum atomic E-state index is 11.5. The number of alkyl halides is 1. The number of hydrogen-bond donors (Lipinski definition) is 1. The molecular formula is C11H16ClNO2S. The minimum atomic E-state index is -3.19.